The second kappa shape index (κ2) is 12.7. The maximum Gasteiger partial charge on any atom is 0.270 e. The molecule has 1 aliphatic rings. The molecule has 2 heterocycles. The lowest BCUT2D eigenvalue weighted by Crippen LogP contribution is -2.29. The van der Waals surface area contributed by atoms with Crippen LogP contribution in [0.25, 0.3) is 6.08 Å². The van der Waals surface area contributed by atoms with Crippen molar-refractivity contribution in [1.29, 1.82) is 5.26 Å². The molecule has 0 radical (unpaired) electrons. The van der Waals surface area contributed by atoms with Gasteiger partial charge in [-0.15, -0.1) is 0 Å². The molecule has 1 saturated heterocycles. The smallest absolute Gasteiger partial charge is 0.270 e. The van der Waals surface area contributed by atoms with Gasteiger partial charge < -0.3 is 5.32 Å². The summed E-state index contributed by atoms with van der Waals surface area (Å²) in [6.07, 6.45) is 6.15. The summed E-state index contributed by atoms with van der Waals surface area (Å²) in [4.78, 5) is 28.5. The Bertz CT molecular complexity index is 1210. The van der Waals surface area contributed by atoms with Crippen LogP contribution < -0.4 is 10.9 Å². The maximum atomic E-state index is 13.2. The molecule has 2 aromatic rings. The maximum absolute atomic E-state index is 13.2. The minimum absolute atomic E-state index is 0.113. The van der Waals surface area contributed by atoms with Crippen molar-refractivity contribution in [2.75, 3.05) is 18.4 Å². The number of amides is 1. The Balaban J connectivity index is 2.06. The standard InChI is InChI=1S/C27H32N4O2S2/c1-4-6-15-30-24(29-14-13-20-11-9-8-10-12-20)21(19(3)22(18-28)25(30)32)17-23-26(33)31(16-7-5-2)27(34)35-23/h8-12,17,29H,4-7,13-16H2,1-3H3/b23-17+. The fraction of sp³-hybridized carbons (Fsp3) is 0.407. The normalized spacial score (nSPS) is 14.6. The lowest BCUT2D eigenvalue weighted by atomic mass is 10.0. The van der Waals surface area contributed by atoms with Gasteiger partial charge in [-0.1, -0.05) is 81.0 Å². The number of rotatable bonds is 11. The highest BCUT2D eigenvalue weighted by Crippen LogP contribution is 2.35. The molecule has 0 aliphatic carbocycles. The number of thioether (sulfide) groups is 1. The summed E-state index contributed by atoms with van der Waals surface area (Å²) in [6.45, 7) is 7.62. The van der Waals surface area contributed by atoms with Crippen LogP contribution in [0.5, 0.6) is 0 Å². The van der Waals surface area contributed by atoms with Crippen LogP contribution in [-0.2, 0) is 17.8 Å². The molecule has 1 fully saturated rings. The predicted molar refractivity (Wildman–Crippen MR) is 148 cm³/mol. The molecule has 1 amide bonds. The molecule has 1 N–H and O–H groups in total. The molecule has 6 nitrogen and oxygen atoms in total. The number of carbonyl (C=O) groups excluding carboxylic acids is 1. The number of hydrogen-bond donors (Lipinski definition) is 1. The monoisotopic (exact) mass is 508 g/mol. The van der Waals surface area contributed by atoms with Crippen LogP contribution in [0.15, 0.2) is 40.0 Å². The minimum Gasteiger partial charge on any atom is -0.371 e. The third-order valence-corrected chi connectivity index (χ3v) is 7.42. The number of carbonyl (C=O) groups is 1. The van der Waals surface area contributed by atoms with Gasteiger partial charge in [0.2, 0.25) is 0 Å². The van der Waals surface area contributed by atoms with E-state index in [-0.39, 0.29) is 17.0 Å². The van der Waals surface area contributed by atoms with E-state index >= 15 is 0 Å². The SMILES string of the molecule is CCCCN1C(=O)/C(=C\c2c(C)c(C#N)c(=O)n(CCCC)c2NCCc2ccccc2)SC1=S. The second-order valence-electron chi connectivity index (χ2n) is 8.53. The van der Waals surface area contributed by atoms with E-state index in [1.807, 2.05) is 18.2 Å². The van der Waals surface area contributed by atoms with Crippen molar-refractivity contribution >= 4 is 46.1 Å². The van der Waals surface area contributed by atoms with Crippen molar-refractivity contribution in [2.45, 2.75) is 59.4 Å². The average Bonchev–Trinajstić information content (AvgIpc) is 3.12. The van der Waals surface area contributed by atoms with Gasteiger partial charge in [-0.25, -0.2) is 0 Å². The molecule has 0 bridgehead atoms. The number of pyridine rings is 1. The molecule has 0 saturated carbocycles. The van der Waals surface area contributed by atoms with E-state index in [9.17, 15) is 14.9 Å². The molecule has 1 aromatic heterocycles. The Morgan fingerprint density at radius 1 is 1.11 bits per heavy atom. The van der Waals surface area contributed by atoms with Crippen LogP contribution in [0, 0.1) is 18.3 Å². The zero-order valence-electron chi connectivity index (χ0n) is 20.6. The molecule has 0 atom stereocenters. The third kappa shape index (κ3) is 6.22. The van der Waals surface area contributed by atoms with E-state index in [0.717, 1.165) is 32.1 Å². The number of hydrogen-bond acceptors (Lipinski definition) is 6. The van der Waals surface area contributed by atoms with Crippen molar-refractivity contribution in [3.05, 3.63) is 67.8 Å². The number of aromatic nitrogens is 1. The summed E-state index contributed by atoms with van der Waals surface area (Å²) in [7, 11) is 0. The van der Waals surface area contributed by atoms with Gasteiger partial charge in [0, 0.05) is 25.2 Å². The fourth-order valence-electron chi connectivity index (χ4n) is 3.99. The average molecular weight is 509 g/mol. The predicted octanol–water partition coefficient (Wildman–Crippen LogP) is 5.48. The van der Waals surface area contributed by atoms with E-state index in [4.69, 9.17) is 12.2 Å². The van der Waals surface area contributed by atoms with Crippen molar-refractivity contribution in [3.8, 4) is 6.07 Å². The first-order valence-electron chi connectivity index (χ1n) is 12.1. The summed E-state index contributed by atoms with van der Waals surface area (Å²) in [5.74, 6) is 0.530. The van der Waals surface area contributed by atoms with E-state index < -0.39 is 0 Å². The van der Waals surface area contributed by atoms with Gasteiger partial charge in [-0.2, -0.15) is 5.26 Å². The highest BCUT2D eigenvalue weighted by Gasteiger charge is 2.32. The first-order valence-corrected chi connectivity index (χ1v) is 13.4. The van der Waals surface area contributed by atoms with E-state index in [0.29, 0.717) is 45.8 Å². The van der Waals surface area contributed by atoms with Gasteiger partial charge >= 0.3 is 0 Å². The first-order chi connectivity index (χ1) is 16.9. The first kappa shape index (κ1) is 26.7. The quantitative estimate of drug-likeness (QED) is 0.320. The number of benzene rings is 1. The summed E-state index contributed by atoms with van der Waals surface area (Å²) < 4.78 is 2.20. The Morgan fingerprint density at radius 3 is 2.46 bits per heavy atom. The summed E-state index contributed by atoms with van der Waals surface area (Å²) >= 11 is 6.75. The van der Waals surface area contributed by atoms with Crippen molar-refractivity contribution < 1.29 is 4.79 Å². The van der Waals surface area contributed by atoms with E-state index in [1.165, 1.54) is 17.3 Å². The highest BCUT2D eigenvalue weighted by atomic mass is 32.2. The summed E-state index contributed by atoms with van der Waals surface area (Å²) in [5.41, 5.74) is 2.27. The second-order valence-corrected chi connectivity index (χ2v) is 10.2. The Hall–Kier alpha value is -2.89. The Morgan fingerprint density at radius 2 is 1.80 bits per heavy atom. The molecule has 184 valence electrons. The van der Waals surface area contributed by atoms with Crippen molar-refractivity contribution in [1.82, 2.24) is 9.47 Å². The van der Waals surface area contributed by atoms with Crippen LogP contribution in [0.4, 0.5) is 5.82 Å². The molecular weight excluding hydrogens is 476 g/mol. The molecular formula is C27H32N4O2S2. The number of unbranched alkanes of at least 4 members (excludes halogenated alkanes) is 2. The van der Waals surface area contributed by atoms with Gasteiger partial charge in [0.05, 0.1) is 4.91 Å². The van der Waals surface area contributed by atoms with Gasteiger partial charge in [0.1, 0.15) is 21.8 Å². The molecule has 0 unspecified atom stereocenters. The van der Waals surface area contributed by atoms with Gasteiger partial charge in [0.15, 0.2) is 0 Å². The lowest BCUT2D eigenvalue weighted by molar-refractivity contribution is -0.122. The van der Waals surface area contributed by atoms with Crippen LogP contribution in [0.1, 0.15) is 61.8 Å². The van der Waals surface area contributed by atoms with Gasteiger partial charge in [-0.05, 0) is 43.4 Å². The zero-order chi connectivity index (χ0) is 25.4. The van der Waals surface area contributed by atoms with Crippen LogP contribution >= 0.6 is 24.0 Å². The fourth-order valence-corrected chi connectivity index (χ4v) is 5.28. The van der Waals surface area contributed by atoms with E-state index in [2.05, 4.69) is 37.4 Å². The Kier molecular flexibility index (Phi) is 9.70. The number of anilines is 1. The highest BCUT2D eigenvalue weighted by molar-refractivity contribution is 8.26. The molecule has 3 rings (SSSR count). The molecule has 35 heavy (non-hydrogen) atoms. The third-order valence-electron chi connectivity index (χ3n) is 6.04. The van der Waals surface area contributed by atoms with Crippen molar-refractivity contribution in [3.63, 3.8) is 0 Å². The largest absolute Gasteiger partial charge is 0.371 e. The van der Waals surface area contributed by atoms with Crippen molar-refractivity contribution in [2.24, 2.45) is 0 Å². The number of nitrogens with one attached hydrogen (secondary N) is 1. The van der Waals surface area contributed by atoms with Crippen LogP contribution in [-0.4, -0.2) is 32.8 Å². The lowest BCUT2D eigenvalue weighted by Gasteiger charge is -2.20. The number of nitrogens with zero attached hydrogens (tertiary/aromatic N) is 3. The van der Waals surface area contributed by atoms with Gasteiger partial charge in [0.25, 0.3) is 11.5 Å². The van der Waals surface area contributed by atoms with Crippen LogP contribution in [0.3, 0.4) is 0 Å². The molecule has 8 heteroatoms. The number of thiocarbonyl (C=S) groups is 1. The topological polar surface area (TPSA) is 78.1 Å². The minimum atomic E-state index is -0.298. The summed E-state index contributed by atoms with van der Waals surface area (Å²) in [5, 5.41) is 13.2. The summed E-state index contributed by atoms with van der Waals surface area (Å²) in [6, 6.07) is 12.2. The van der Waals surface area contributed by atoms with Gasteiger partial charge in [-0.3, -0.25) is 19.1 Å². The Labute approximate surface area is 217 Å². The van der Waals surface area contributed by atoms with Crippen LogP contribution in [0.2, 0.25) is 0 Å². The molecule has 0 spiro atoms. The number of nitriles is 1. The molecule has 1 aromatic carbocycles. The molecule has 1 aliphatic heterocycles. The van der Waals surface area contributed by atoms with E-state index in [1.54, 1.807) is 22.5 Å². The zero-order valence-corrected chi connectivity index (χ0v) is 22.2.